The van der Waals surface area contributed by atoms with Crippen LogP contribution < -0.4 is 9.64 Å². The second-order valence-electron chi connectivity index (χ2n) is 5.21. The number of ether oxygens (including phenoxy) is 2. The number of rotatable bonds is 3. The van der Waals surface area contributed by atoms with Crippen LogP contribution in [0.4, 0.5) is 10.1 Å². The predicted molar refractivity (Wildman–Crippen MR) is 72.3 cm³/mol. The van der Waals surface area contributed by atoms with Gasteiger partial charge in [0.1, 0.15) is 23.4 Å². The molecule has 2 heterocycles. The summed E-state index contributed by atoms with van der Waals surface area (Å²) >= 11 is 0. The molecule has 3 nitrogen and oxygen atoms in total. The second kappa shape index (κ2) is 5.78. The van der Waals surface area contributed by atoms with Gasteiger partial charge >= 0.3 is 0 Å². The molecule has 0 N–H and O–H groups in total. The fourth-order valence-corrected chi connectivity index (χ4v) is 2.81. The lowest BCUT2D eigenvalue weighted by atomic mass is 10.1. The summed E-state index contributed by atoms with van der Waals surface area (Å²) in [7, 11) is 0. The minimum absolute atomic E-state index is 0.150. The third-order valence-corrected chi connectivity index (χ3v) is 3.83. The Labute approximate surface area is 113 Å². The Hall–Kier alpha value is -1.29. The zero-order valence-corrected chi connectivity index (χ0v) is 11.1. The molecule has 0 amide bonds. The van der Waals surface area contributed by atoms with E-state index in [-0.39, 0.29) is 11.9 Å². The normalized spacial score (nSPS) is 20.8. The number of nitrogens with zero attached hydrogens (tertiary/aromatic N) is 1. The van der Waals surface area contributed by atoms with Crippen LogP contribution in [-0.4, -0.2) is 32.4 Å². The average Bonchev–Trinajstić information content (AvgIpc) is 2.94. The quantitative estimate of drug-likeness (QED) is 0.838. The van der Waals surface area contributed by atoms with E-state index < -0.39 is 0 Å². The van der Waals surface area contributed by atoms with E-state index in [1.807, 2.05) is 6.07 Å². The number of benzene rings is 1. The smallest absolute Gasteiger partial charge is 0.150 e. The van der Waals surface area contributed by atoms with E-state index in [9.17, 15) is 4.39 Å². The van der Waals surface area contributed by atoms with Crippen LogP contribution in [0.5, 0.6) is 5.75 Å². The van der Waals surface area contributed by atoms with Crippen molar-refractivity contribution < 1.29 is 13.9 Å². The molecular formula is C15H20FNO2. The molecule has 2 aliphatic heterocycles. The highest BCUT2D eigenvalue weighted by Gasteiger charge is 2.23. The molecule has 0 unspecified atom stereocenters. The van der Waals surface area contributed by atoms with Gasteiger partial charge in [-0.1, -0.05) is 6.07 Å². The molecule has 0 bridgehead atoms. The average molecular weight is 265 g/mol. The lowest BCUT2D eigenvalue weighted by molar-refractivity contribution is 0.0256. The van der Waals surface area contributed by atoms with Crippen molar-refractivity contribution in [3.63, 3.8) is 0 Å². The molecule has 3 rings (SSSR count). The van der Waals surface area contributed by atoms with Crippen molar-refractivity contribution in [2.24, 2.45) is 0 Å². The zero-order valence-electron chi connectivity index (χ0n) is 11.1. The van der Waals surface area contributed by atoms with Gasteiger partial charge in [-0.05, 0) is 25.0 Å². The number of halogens is 1. The van der Waals surface area contributed by atoms with Gasteiger partial charge in [-0.3, -0.25) is 0 Å². The van der Waals surface area contributed by atoms with Gasteiger partial charge in [0.05, 0.1) is 13.2 Å². The summed E-state index contributed by atoms with van der Waals surface area (Å²) in [4.78, 5) is 2.10. The molecule has 104 valence electrons. The van der Waals surface area contributed by atoms with Crippen molar-refractivity contribution in [3.8, 4) is 5.75 Å². The summed E-state index contributed by atoms with van der Waals surface area (Å²) in [5, 5.41) is 0. The predicted octanol–water partition coefficient (Wildman–Crippen LogP) is 2.98. The number of hydrogen-bond acceptors (Lipinski definition) is 3. The van der Waals surface area contributed by atoms with Crippen molar-refractivity contribution in [3.05, 3.63) is 24.0 Å². The molecule has 1 aromatic rings. The third-order valence-electron chi connectivity index (χ3n) is 3.83. The zero-order chi connectivity index (χ0) is 13.1. The van der Waals surface area contributed by atoms with Gasteiger partial charge in [-0.15, -0.1) is 0 Å². The van der Waals surface area contributed by atoms with Gasteiger partial charge in [0.2, 0.25) is 0 Å². The molecule has 2 aliphatic rings. The Bertz CT molecular complexity index is 426. The van der Waals surface area contributed by atoms with E-state index >= 15 is 0 Å². The molecule has 0 aromatic heterocycles. The van der Waals surface area contributed by atoms with Crippen molar-refractivity contribution in [2.75, 3.05) is 31.2 Å². The second-order valence-corrected chi connectivity index (χ2v) is 5.21. The molecule has 4 heteroatoms. The summed E-state index contributed by atoms with van der Waals surface area (Å²) in [6.07, 6.45) is 4.18. The number of anilines is 1. The van der Waals surface area contributed by atoms with E-state index in [4.69, 9.17) is 9.47 Å². The minimum atomic E-state index is -0.175. The first kappa shape index (κ1) is 12.7. The Kier molecular flexibility index (Phi) is 3.87. The van der Waals surface area contributed by atoms with E-state index in [0.29, 0.717) is 11.4 Å². The Balaban J connectivity index is 1.80. The maximum Gasteiger partial charge on any atom is 0.150 e. The summed E-state index contributed by atoms with van der Waals surface area (Å²) in [6.45, 7) is 3.31. The summed E-state index contributed by atoms with van der Waals surface area (Å²) in [5.74, 6) is 0.514. The van der Waals surface area contributed by atoms with E-state index in [1.54, 1.807) is 6.07 Å². The van der Waals surface area contributed by atoms with Gasteiger partial charge in [0.25, 0.3) is 0 Å². The molecule has 0 aliphatic carbocycles. The third kappa shape index (κ3) is 2.84. The first-order chi connectivity index (χ1) is 9.34. The number of para-hydroxylation sites is 1. The van der Waals surface area contributed by atoms with Crippen LogP contribution in [0, 0.1) is 5.82 Å². The Morgan fingerprint density at radius 1 is 1.16 bits per heavy atom. The minimum Gasteiger partial charge on any atom is -0.488 e. The standard InChI is InChI=1S/C15H20FNO2/c16-13-4-3-5-14(15(13)17-8-1-2-9-17)19-12-6-10-18-11-7-12/h3-5,12H,1-2,6-11H2. The maximum absolute atomic E-state index is 14.1. The van der Waals surface area contributed by atoms with Crippen LogP contribution in [0.2, 0.25) is 0 Å². The monoisotopic (exact) mass is 265 g/mol. The largest absolute Gasteiger partial charge is 0.488 e. The summed E-state index contributed by atoms with van der Waals surface area (Å²) in [6, 6.07) is 5.13. The lowest BCUT2D eigenvalue weighted by Crippen LogP contribution is -2.27. The van der Waals surface area contributed by atoms with Gasteiger partial charge in [0, 0.05) is 25.9 Å². The highest BCUT2D eigenvalue weighted by molar-refractivity contribution is 5.60. The molecule has 2 saturated heterocycles. The van der Waals surface area contributed by atoms with Gasteiger partial charge in [0.15, 0.2) is 0 Å². The van der Waals surface area contributed by atoms with Crippen molar-refractivity contribution in [1.82, 2.24) is 0 Å². The van der Waals surface area contributed by atoms with Gasteiger partial charge < -0.3 is 14.4 Å². The van der Waals surface area contributed by atoms with Gasteiger partial charge in [-0.25, -0.2) is 4.39 Å². The Morgan fingerprint density at radius 3 is 2.63 bits per heavy atom. The topological polar surface area (TPSA) is 21.7 Å². The molecule has 1 aromatic carbocycles. The van der Waals surface area contributed by atoms with E-state index in [1.165, 1.54) is 6.07 Å². The van der Waals surface area contributed by atoms with Crippen LogP contribution in [0.15, 0.2) is 18.2 Å². The molecule has 0 radical (unpaired) electrons. The van der Waals surface area contributed by atoms with Gasteiger partial charge in [-0.2, -0.15) is 0 Å². The van der Waals surface area contributed by atoms with Crippen LogP contribution in [0.3, 0.4) is 0 Å². The van der Waals surface area contributed by atoms with Crippen LogP contribution in [0.1, 0.15) is 25.7 Å². The van der Waals surface area contributed by atoms with Crippen LogP contribution in [0.25, 0.3) is 0 Å². The van der Waals surface area contributed by atoms with Crippen molar-refractivity contribution in [2.45, 2.75) is 31.8 Å². The van der Waals surface area contributed by atoms with Crippen LogP contribution in [-0.2, 0) is 4.74 Å². The highest BCUT2D eigenvalue weighted by Crippen LogP contribution is 2.35. The van der Waals surface area contributed by atoms with E-state index in [0.717, 1.165) is 52.0 Å². The van der Waals surface area contributed by atoms with Crippen molar-refractivity contribution >= 4 is 5.69 Å². The van der Waals surface area contributed by atoms with Crippen LogP contribution >= 0.6 is 0 Å². The van der Waals surface area contributed by atoms with Crippen molar-refractivity contribution in [1.29, 1.82) is 0 Å². The maximum atomic E-state index is 14.1. The summed E-state index contributed by atoms with van der Waals surface area (Å²) < 4.78 is 25.5. The fourth-order valence-electron chi connectivity index (χ4n) is 2.81. The molecule has 2 fully saturated rings. The first-order valence-electron chi connectivity index (χ1n) is 7.12. The van der Waals surface area contributed by atoms with E-state index in [2.05, 4.69) is 4.90 Å². The molecule has 0 spiro atoms. The molecule has 0 atom stereocenters. The highest BCUT2D eigenvalue weighted by atomic mass is 19.1. The molecule has 0 saturated carbocycles. The first-order valence-corrected chi connectivity index (χ1v) is 7.12. The molecule has 19 heavy (non-hydrogen) atoms. The SMILES string of the molecule is Fc1cccc(OC2CCOCC2)c1N1CCCC1. The molecular weight excluding hydrogens is 245 g/mol. The fraction of sp³-hybridized carbons (Fsp3) is 0.600. The summed E-state index contributed by atoms with van der Waals surface area (Å²) in [5.41, 5.74) is 0.645. The lowest BCUT2D eigenvalue weighted by Gasteiger charge is -2.27. The number of hydrogen-bond donors (Lipinski definition) is 0. The Morgan fingerprint density at radius 2 is 1.89 bits per heavy atom.